The number of ether oxygens (including phenoxy) is 2. The number of amides is 1. The minimum Gasteiger partial charge on any atom is -0.470 e. The Morgan fingerprint density at radius 3 is 2.71 bits per heavy atom. The van der Waals surface area contributed by atoms with Gasteiger partial charge in [-0.2, -0.15) is 0 Å². The van der Waals surface area contributed by atoms with E-state index in [1.807, 2.05) is 0 Å². The van der Waals surface area contributed by atoms with Gasteiger partial charge in [0.2, 0.25) is 0 Å². The van der Waals surface area contributed by atoms with Gasteiger partial charge in [-0.15, -0.1) is 10.2 Å². The van der Waals surface area contributed by atoms with Crippen molar-refractivity contribution in [3.63, 3.8) is 0 Å². The molecular weight excluding hydrogens is 477 g/mol. The molecule has 0 unspecified atom stereocenters. The van der Waals surface area contributed by atoms with Gasteiger partial charge in [0, 0.05) is 30.2 Å². The molecule has 0 aromatic heterocycles. The summed E-state index contributed by atoms with van der Waals surface area (Å²) in [5.74, 6) is -0.0658. The minimum atomic E-state index is -0.113. The lowest BCUT2D eigenvalue weighted by molar-refractivity contribution is 0.0949. The lowest BCUT2D eigenvalue weighted by atomic mass is 10.1. The van der Waals surface area contributed by atoms with Crippen molar-refractivity contribution in [3.8, 4) is 0 Å². The maximum atomic E-state index is 12.4. The average Bonchev–Trinajstić information content (AvgIpc) is 2.85. The zero-order chi connectivity index (χ0) is 24.2. The summed E-state index contributed by atoms with van der Waals surface area (Å²) in [4.78, 5) is 14.6. The second-order valence-electron chi connectivity index (χ2n) is 7.46. The number of benzene rings is 2. The Labute approximate surface area is 209 Å². The topological polar surface area (TPSA) is 99.4 Å². The van der Waals surface area contributed by atoms with Crippen LogP contribution in [0.3, 0.4) is 0 Å². The van der Waals surface area contributed by atoms with E-state index in [-0.39, 0.29) is 18.4 Å². The fraction of sp³-hybridized carbons (Fsp3) is 0.292. The van der Waals surface area contributed by atoms with Gasteiger partial charge >= 0.3 is 0 Å². The van der Waals surface area contributed by atoms with Crippen LogP contribution in [0.25, 0.3) is 0 Å². The van der Waals surface area contributed by atoms with Crippen LogP contribution in [0.1, 0.15) is 35.2 Å². The smallest absolute Gasteiger partial charge is 0.269 e. The molecule has 2 N–H and O–H groups in total. The fourth-order valence-electron chi connectivity index (χ4n) is 3.20. The molecule has 1 amide bonds. The summed E-state index contributed by atoms with van der Waals surface area (Å²) in [6, 6.07) is 11.9. The lowest BCUT2D eigenvalue weighted by Gasteiger charge is -2.25. The van der Waals surface area contributed by atoms with Gasteiger partial charge in [0.1, 0.15) is 12.3 Å². The molecule has 3 rings (SSSR count). The molecule has 10 heteroatoms. The summed E-state index contributed by atoms with van der Waals surface area (Å²) in [5, 5.41) is 18.8. The third kappa shape index (κ3) is 8.44. The highest BCUT2D eigenvalue weighted by Gasteiger charge is 2.11. The maximum absolute atomic E-state index is 12.4. The second kappa shape index (κ2) is 13.7. The van der Waals surface area contributed by atoms with Crippen LogP contribution in [0, 0.1) is 12.0 Å². The molecule has 0 atom stereocenters. The molecule has 0 aliphatic carbocycles. The predicted molar refractivity (Wildman–Crippen MR) is 132 cm³/mol. The standard InChI is InChI=1S/C24H26Cl2N5O3/c25-20-8-9-22(21(26)14-20)29-30-23(16-33-17-27)34-15-18-4-6-19(7-5-18)24(32)28-10-13-31-11-2-1-3-12-31/h4-9,11,14,16-17,27H,1-3,10,12-13,15H2,(H,28,32)/b23-16+,27-17?,30-29?. The van der Waals surface area contributed by atoms with E-state index in [2.05, 4.69) is 27.0 Å². The molecule has 8 nitrogen and oxygen atoms in total. The molecule has 0 spiro atoms. The number of hydrogen-bond donors (Lipinski definition) is 2. The first-order valence-electron chi connectivity index (χ1n) is 10.8. The van der Waals surface area contributed by atoms with Crippen molar-refractivity contribution >= 4 is 41.2 Å². The molecule has 1 aliphatic heterocycles. The van der Waals surface area contributed by atoms with Gasteiger partial charge in [-0.3, -0.25) is 15.1 Å². The molecule has 0 bridgehead atoms. The van der Waals surface area contributed by atoms with Crippen LogP contribution >= 0.6 is 23.2 Å². The van der Waals surface area contributed by atoms with E-state index in [0.29, 0.717) is 27.8 Å². The van der Waals surface area contributed by atoms with Gasteiger partial charge < -0.3 is 14.8 Å². The summed E-state index contributed by atoms with van der Waals surface area (Å²) in [5.41, 5.74) is 1.80. The predicted octanol–water partition coefficient (Wildman–Crippen LogP) is 6.09. The highest BCUT2D eigenvalue weighted by molar-refractivity contribution is 6.36. The number of likely N-dealkylation sites (tertiary alicyclic amines) is 1. The molecule has 0 saturated carbocycles. The molecular formula is C24H26Cl2N5O3. The van der Waals surface area contributed by atoms with Crippen molar-refractivity contribution in [2.75, 3.05) is 19.6 Å². The van der Waals surface area contributed by atoms with Gasteiger partial charge in [0.05, 0.1) is 5.02 Å². The largest absolute Gasteiger partial charge is 0.470 e. The number of piperidine rings is 1. The first kappa shape index (κ1) is 25.7. The Bertz CT molecular complexity index is 1020. The molecule has 1 aliphatic rings. The SMILES string of the molecule is N=CO/C=C(\N=Nc1ccc(Cl)cc1Cl)OCc1ccc(C(=O)NCCN2[CH]CCCC2)cc1. The number of halogens is 2. The fourth-order valence-corrected chi connectivity index (χ4v) is 3.64. The molecule has 179 valence electrons. The molecule has 2 aromatic carbocycles. The number of nitrogens with one attached hydrogen (secondary N) is 2. The van der Waals surface area contributed by atoms with Crippen LogP contribution in [-0.4, -0.2) is 36.8 Å². The normalized spacial score (nSPS) is 14.7. The average molecular weight is 503 g/mol. The zero-order valence-corrected chi connectivity index (χ0v) is 20.1. The number of hydrogen-bond acceptors (Lipinski definition) is 7. The van der Waals surface area contributed by atoms with E-state index in [0.717, 1.165) is 37.7 Å². The Morgan fingerprint density at radius 2 is 2.00 bits per heavy atom. The molecule has 2 aromatic rings. The summed E-state index contributed by atoms with van der Waals surface area (Å²) < 4.78 is 10.5. The van der Waals surface area contributed by atoms with E-state index in [9.17, 15) is 4.79 Å². The van der Waals surface area contributed by atoms with Gasteiger partial charge in [0.25, 0.3) is 11.8 Å². The lowest BCUT2D eigenvalue weighted by Crippen LogP contribution is -2.35. The third-order valence-electron chi connectivity index (χ3n) is 4.98. The number of carbonyl (C=O) groups excluding carboxylic acids is 1. The van der Waals surface area contributed by atoms with Crippen molar-refractivity contribution in [2.24, 2.45) is 10.2 Å². The summed E-state index contributed by atoms with van der Waals surface area (Å²) in [6.07, 6.45) is 5.45. The Morgan fingerprint density at radius 1 is 1.18 bits per heavy atom. The summed E-state index contributed by atoms with van der Waals surface area (Å²) in [6.45, 7) is 4.85. The number of azo groups is 1. The first-order chi connectivity index (χ1) is 16.5. The highest BCUT2D eigenvalue weighted by atomic mass is 35.5. The van der Waals surface area contributed by atoms with Crippen LogP contribution in [0.2, 0.25) is 10.0 Å². The summed E-state index contributed by atoms with van der Waals surface area (Å²) >= 11 is 12.0. The van der Waals surface area contributed by atoms with Crippen LogP contribution < -0.4 is 5.32 Å². The Hall–Kier alpha value is -2.94. The van der Waals surface area contributed by atoms with Gasteiger partial charge in [-0.05, 0) is 55.3 Å². The number of rotatable bonds is 11. The van der Waals surface area contributed by atoms with E-state index < -0.39 is 0 Å². The Kier molecular flexibility index (Phi) is 10.3. The molecule has 1 saturated heterocycles. The van der Waals surface area contributed by atoms with E-state index in [1.165, 1.54) is 12.8 Å². The van der Waals surface area contributed by atoms with Crippen molar-refractivity contribution in [1.82, 2.24) is 10.2 Å². The minimum absolute atomic E-state index is 0.0471. The zero-order valence-electron chi connectivity index (χ0n) is 18.5. The van der Waals surface area contributed by atoms with Crippen molar-refractivity contribution in [3.05, 3.63) is 82.3 Å². The maximum Gasteiger partial charge on any atom is 0.269 e. The van der Waals surface area contributed by atoms with Crippen LogP contribution in [0.15, 0.2) is 64.8 Å². The molecule has 34 heavy (non-hydrogen) atoms. The molecule has 1 radical (unpaired) electrons. The third-order valence-corrected chi connectivity index (χ3v) is 5.51. The second-order valence-corrected chi connectivity index (χ2v) is 8.31. The van der Waals surface area contributed by atoms with Gasteiger partial charge in [0.15, 0.2) is 12.7 Å². The monoisotopic (exact) mass is 502 g/mol. The van der Waals surface area contributed by atoms with Crippen molar-refractivity contribution < 1.29 is 14.3 Å². The molecule has 1 heterocycles. The van der Waals surface area contributed by atoms with E-state index in [4.69, 9.17) is 38.1 Å². The first-order valence-corrected chi connectivity index (χ1v) is 11.6. The van der Waals surface area contributed by atoms with E-state index >= 15 is 0 Å². The number of nitrogens with zero attached hydrogens (tertiary/aromatic N) is 3. The van der Waals surface area contributed by atoms with Crippen LogP contribution in [0.4, 0.5) is 5.69 Å². The quantitative estimate of drug-likeness (QED) is 0.168. The van der Waals surface area contributed by atoms with Gasteiger partial charge in [-0.1, -0.05) is 41.8 Å². The Balaban J connectivity index is 1.51. The van der Waals surface area contributed by atoms with E-state index in [1.54, 1.807) is 42.5 Å². The van der Waals surface area contributed by atoms with Crippen LogP contribution in [-0.2, 0) is 16.1 Å². The van der Waals surface area contributed by atoms with Gasteiger partial charge in [-0.25, -0.2) is 0 Å². The molecule has 1 fully saturated rings. The summed E-state index contributed by atoms with van der Waals surface area (Å²) in [7, 11) is 0. The van der Waals surface area contributed by atoms with Crippen LogP contribution in [0.5, 0.6) is 0 Å². The van der Waals surface area contributed by atoms with Crippen molar-refractivity contribution in [2.45, 2.75) is 25.9 Å². The number of carbonyl (C=O) groups is 1. The van der Waals surface area contributed by atoms with Crippen molar-refractivity contribution in [1.29, 1.82) is 5.41 Å². The highest BCUT2D eigenvalue weighted by Crippen LogP contribution is 2.28.